The Morgan fingerprint density at radius 2 is 1.67 bits per heavy atom. The highest BCUT2D eigenvalue weighted by Crippen LogP contribution is 2.34. The van der Waals surface area contributed by atoms with Crippen LogP contribution in [0.1, 0.15) is 94.4 Å². The van der Waals surface area contributed by atoms with E-state index < -0.39 is 28.7 Å². The second kappa shape index (κ2) is 12.4. The topological polar surface area (TPSA) is 118 Å². The first-order valence-electron chi connectivity index (χ1n) is 14.5. The maximum absolute atomic E-state index is 13.7. The highest BCUT2D eigenvalue weighted by atomic mass is 19.1. The van der Waals surface area contributed by atoms with Crippen molar-refractivity contribution in [2.45, 2.75) is 96.7 Å². The monoisotopic (exact) mass is 592 g/mol. The third kappa shape index (κ3) is 8.61. The van der Waals surface area contributed by atoms with E-state index in [4.69, 9.17) is 14.5 Å². The van der Waals surface area contributed by atoms with Crippen LogP contribution in [0.3, 0.4) is 0 Å². The van der Waals surface area contributed by atoms with Crippen molar-refractivity contribution in [1.82, 2.24) is 10.3 Å². The molecular weight excluding hydrogens is 551 g/mol. The quantitative estimate of drug-likeness (QED) is 0.216. The van der Waals surface area contributed by atoms with Crippen LogP contribution in [0.2, 0.25) is 0 Å². The molecule has 1 unspecified atom stereocenters. The van der Waals surface area contributed by atoms with Gasteiger partial charge in [-0.05, 0) is 121 Å². The van der Waals surface area contributed by atoms with Gasteiger partial charge in [0.05, 0.1) is 29.6 Å². The van der Waals surface area contributed by atoms with E-state index in [9.17, 15) is 24.2 Å². The van der Waals surface area contributed by atoms with Gasteiger partial charge in [0.2, 0.25) is 0 Å². The number of aliphatic hydroxyl groups excluding tert-OH is 1. The first-order chi connectivity index (χ1) is 20.1. The summed E-state index contributed by atoms with van der Waals surface area (Å²) in [5, 5.41) is 24.3. The molecule has 43 heavy (non-hydrogen) atoms. The van der Waals surface area contributed by atoms with Gasteiger partial charge in [0.1, 0.15) is 22.8 Å². The Morgan fingerprint density at radius 3 is 2.28 bits per heavy atom. The van der Waals surface area contributed by atoms with Crippen molar-refractivity contribution in [2.24, 2.45) is 0 Å². The first-order valence-corrected chi connectivity index (χ1v) is 14.5. The van der Waals surface area contributed by atoms with Gasteiger partial charge in [-0.2, -0.15) is 0 Å². The highest BCUT2D eigenvalue weighted by Gasteiger charge is 2.32. The number of rotatable bonds is 11. The number of pyridine rings is 1. The lowest BCUT2D eigenvalue weighted by molar-refractivity contribution is 0.0394. The van der Waals surface area contributed by atoms with Crippen LogP contribution in [0.5, 0.6) is 5.75 Å². The lowest BCUT2D eigenvalue weighted by Crippen LogP contribution is -2.44. The molecule has 1 amide bonds. The van der Waals surface area contributed by atoms with E-state index in [-0.39, 0.29) is 31.3 Å². The van der Waals surface area contributed by atoms with Crippen molar-refractivity contribution >= 4 is 11.9 Å². The van der Waals surface area contributed by atoms with Crippen molar-refractivity contribution in [3.63, 3.8) is 0 Å². The van der Waals surface area contributed by atoms with Crippen molar-refractivity contribution < 1.29 is 33.7 Å². The molecule has 1 aliphatic rings. The zero-order valence-corrected chi connectivity index (χ0v) is 25.7. The molecule has 3 N–H and O–H groups in total. The van der Waals surface area contributed by atoms with E-state index in [1.54, 1.807) is 84.0 Å². The van der Waals surface area contributed by atoms with Crippen molar-refractivity contribution in [2.75, 3.05) is 0 Å². The molecule has 0 saturated heterocycles. The summed E-state index contributed by atoms with van der Waals surface area (Å²) in [6, 6.07) is 14.3. The van der Waals surface area contributed by atoms with E-state index in [1.807, 2.05) is 0 Å². The second-order valence-electron chi connectivity index (χ2n) is 12.9. The summed E-state index contributed by atoms with van der Waals surface area (Å²) in [5.41, 5.74) is -0.188. The van der Waals surface area contributed by atoms with Gasteiger partial charge in [0.25, 0.3) is 0 Å². The van der Waals surface area contributed by atoms with Crippen LogP contribution < -0.4 is 10.1 Å². The number of hydrogen-bond donors (Lipinski definition) is 3. The van der Waals surface area contributed by atoms with Crippen LogP contribution >= 0.6 is 0 Å². The van der Waals surface area contributed by atoms with Crippen LogP contribution in [-0.2, 0) is 22.5 Å². The number of ether oxygens (including phenoxy) is 2. The number of amides is 1. The third-order valence-corrected chi connectivity index (χ3v) is 7.26. The molecule has 1 saturated carbocycles. The SMILES string of the molecule is CC(C)(C)OC(=O)NC(C)(C)c1cc(-c2ccc(F)cc2)nc(C(C)(O)CCC(=O)c2ccc(OC3CC3)c(CO)c2)c1. The number of ketones is 1. The Morgan fingerprint density at radius 1 is 1.00 bits per heavy atom. The summed E-state index contributed by atoms with van der Waals surface area (Å²) in [6.07, 6.45) is 1.58. The molecule has 0 radical (unpaired) electrons. The maximum atomic E-state index is 13.7. The second-order valence-corrected chi connectivity index (χ2v) is 12.9. The molecule has 230 valence electrons. The molecule has 2 aromatic carbocycles. The molecule has 8 nitrogen and oxygen atoms in total. The number of aromatic nitrogens is 1. The molecule has 1 aromatic heterocycles. The van der Waals surface area contributed by atoms with Crippen molar-refractivity contribution in [3.05, 3.63) is 82.8 Å². The van der Waals surface area contributed by atoms with Gasteiger partial charge in [-0.25, -0.2) is 14.2 Å². The molecule has 1 heterocycles. The van der Waals surface area contributed by atoms with Crippen LogP contribution in [0.25, 0.3) is 11.3 Å². The van der Waals surface area contributed by atoms with Crippen LogP contribution in [-0.4, -0.2) is 38.8 Å². The minimum absolute atomic E-state index is 0.0119. The normalized spacial score (nSPS) is 15.0. The zero-order chi connectivity index (χ0) is 31.6. The van der Waals surface area contributed by atoms with Gasteiger partial charge in [-0.3, -0.25) is 4.79 Å². The summed E-state index contributed by atoms with van der Waals surface area (Å²) in [6.45, 7) is 10.3. The molecule has 0 bridgehead atoms. The van der Waals surface area contributed by atoms with Crippen LogP contribution in [0, 0.1) is 5.82 Å². The number of carbonyl (C=O) groups is 2. The summed E-state index contributed by atoms with van der Waals surface area (Å²) < 4.78 is 25.0. The molecule has 4 rings (SSSR count). The van der Waals surface area contributed by atoms with Gasteiger partial charge in [0.15, 0.2) is 5.78 Å². The maximum Gasteiger partial charge on any atom is 0.408 e. The summed E-state index contributed by atoms with van der Waals surface area (Å²) >= 11 is 0. The van der Waals surface area contributed by atoms with Gasteiger partial charge >= 0.3 is 6.09 Å². The predicted octanol–water partition coefficient (Wildman–Crippen LogP) is 6.55. The number of Topliss-reactive ketones (excluding diaryl/α,β-unsaturated/α-hetero) is 1. The van der Waals surface area contributed by atoms with E-state index in [0.717, 1.165) is 12.8 Å². The minimum Gasteiger partial charge on any atom is -0.490 e. The fourth-order valence-electron chi connectivity index (χ4n) is 4.55. The average molecular weight is 593 g/mol. The summed E-state index contributed by atoms with van der Waals surface area (Å²) in [5.74, 6) is -0.0191. The number of nitrogens with one attached hydrogen (secondary N) is 1. The number of halogens is 1. The number of nitrogens with zero attached hydrogens (tertiary/aromatic N) is 1. The first kappa shape index (κ1) is 32.1. The molecular formula is C34H41FN2O6. The highest BCUT2D eigenvalue weighted by molar-refractivity contribution is 5.96. The number of benzene rings is 2. The van der Waals surface area contributed by atoms with Gasteiger partial charge < -0.3 is 25.0 Å². The van der Waals surface area contributed by atoms with Crippen molar-refractivity contribution in [3.8, 4) is 17.0 Å². The Labute approximate surface area is 252 Å². The Balaban J connectivity index is 1.60. The van der Waals surface area contributed by atoms with E-state index in [0.29, 0.717) is 39.4 Å². The Hall–Kier alpha value is -3.82. The molecule has 1 atom stereocenters. The summed E-state index contributed by atoms with van der Waals surface area (Å²) in [4.78, 5) is 30.5. The van der Waals surface area contributed by atoms with Crippen LogP contribution in [0.4, 0.5) is 9.18 Å². The van der Waals surface area contributed by atoms with E-state index >= 15 is 0 Å². The number of hydrogen-bond acceptors (Lipinski definition) is 7. The largest absolute Gasteiger partial charge is 0.490 e. The number of carbonyl (C=O) groups excluding carboxylic acids is 2. The van der Waals surface area contributed by atoms with Gasteiger partial charge in [0, 0.05) is 23.1 Å². The Kier molecular flexibility index (Phi) is 9.27. The lowest BCUT2D eigenvalue weighted by atomic mass is 9.87. The molecule has 1 aliphatic carbocycles. The van der Waals surface area contributed by atoms with E-state index in [2.05, 4.69) is 5.32 Å². The van der Waals surface area contributed by atoms with E-state index in [1.165, 1.54) is 12.1 Å². The molecule has 9 heteroatoms. The smallest absolute Gasteiger partial charge is 0.408 e. The van der Waals surface area contributed by atoms with Gasteiger partial charge in [-0.15, -0.1) is 0 Å². The molecule has 0 spiro atoms. The fourth-order valence-corrected chi connectivity index (χ4v) is 4.55. The van der Waals surface area contributed by atoms with Crippen molar-refractivity contribution in [1.29, 1.82) is 0 Å². The standard InChI is InChI=1S/C34H41FN2O6/c1-32(2,3)43-31(40)37-33(4,5)24-18-27(21-7-10-25(35)11-8-21)36-30(19-24)34(6,41)16-15-28(39)22-9-14-29(23(17-22)20-38)42-26-12-13-26/h7-11,14,17-19,26,38,41H,12-13,15-16,20H2,1-6H3,(H,37,40). The molecule has 0 aliphatic heterocycles. The number of aliphatic hydroxyl groups is 2. The lowest BCUT2D eigenvalue weighted by Gasteiger charge is -2.31. The minimum atomic E-state index is -1.53. The molecule has 3 aromatic rings. The Bertz CT molecular complexity index is 1470. The zero-order valence-electron chi connectivity index (χ0n) is 25.7. The molecule has 1 fully saturated rings. The van der Waals surface area contributed by atoms with Gasteiger partial charge in [-0.1, -0.05) is 0 Å². The number of alkyl carbamates (subject to hydrolysis) is 1. The summed E-state index contributed by atoms with van der Waals surface area (Å²) in [7, 11) is 0. The average Bonchev–Trinajstić information content (AvgIpc) is 3.75. The van der Waals surface area contributed by atoms with Crippen LogP contribution in [0.15, 0.2) is 54.6 Å². The fraction of sp³-hybridized carbons (Fsp3) is 0.441. The third-order valence-electron chi connectivity index (χ3n) is 7.26. The predicted molar refractivity (Wildman–Crippen MR) is 161 cm³/mol.